The number of nitrogens with two attached hydrogens (primary N) is 1. The molecule has 8 atom stereocenters. The number of likely N-dealkylation sites (tertiary alicyclic amines) is 3. The van der Waals surface area contributed by atoms with Crippen molar-refractivity contribution in [2.24, 2.45) is 5.41 Å². The third-order valence-corrected chi connectivity index (χ3v) is 18.4. The van der Waals surface area contributed by atoms with Crippen molar-refractivity contribution in [3.8, 4) is 34.3 Å². The molecule has 23 heteroatoms. The van der Waals surface area contributed by atoms with E-state index < -0.39 is 87.5 Å². The van der Waals surface area contributed by atoms with Crippen LogP contribution in [0.1, 0.15) is 108 Å². The van der Waals surface area contributed by atoms with E-state index in [1.54, 1.807) is 36.1 Å². The Kier molecular flexibility index (Phi) is 16.1. The summed E-state index contributed by atoms with van der Waals surface area (Å²) in [6.45, 7) is 9.35. The van der Waals surface area contributed by atoms with E-state index in [1.807, 2.05) is 31.7 Å². The van der Waals surface area contributed by atoms with Crippen molar-refractivity contribution in [3.05, 3.63) is 101 Å². The van der Waals surface area contributed by atoms with Crippen molar-refractivity contribution in [2.45, 2.75) is 140 Å². The first-order chi connectivity index (χ1) is 40.0. The highest BCUT2D eigenvalue weighted by atomic mass is 32.1. The molecule has 2 aromatic heterocycles. The molecule has 5 aliphatic heterocycles. The Bertz CT molecular complexity index is 3560. The summed E-state index contributed by atoms with van der Waals surface area (Å²) in [4.78, 5) is 59.3. The second-order valence-corrected chi connectivity index (χ2v) is 25.1. The zero-order chi connectivity index (χ0) is 59.7. The van der Waals surface area contributed by atoms with Gasteiger partial charge in [0.2, 0.25) is 17.7 Å². The first-order valence-corrected chi connectivity index (χ1v) is 29.3. The fraction of sp³-hybridized carbons (Fsp3) is 0.475. The molecule has 0 aliphatic carbocycles. The van der Waals surface area contributed by atoms with Gasteiger partial charge in [-0.05, 0) is 111 Å². The minimum absolute atomic E-state index is 0.0198. The van der Waals surface area contributed by atoms with Crippen molar-refractivity contribution in [1.29, 1.82) is 5.26 Å². The van der Waals surface area contributed by atoms with Gasteiger partial charge in [-0.2, -0.15) is 28.4 Å². The Morgan fingerprint density at radius 3 is 2.33 bits per heavy atom. The number of carbonyl (C=O) groups excluding carboxylic acids is 3. The summed E-state index contributed by atoms with van der Waals surface area (Å²) >= 11 is 0.685. The predicted octanol–water partition coefficient (Wildman–Crippen LogP) is 10.0. The number of thiophene rings is 1. The number of hydrogen-bond donors (Lipinski definition) is 4. The number of anilines is 2. The standard InChI is InChI=1S/C61H65F7N10O5S/c1-31(32-12-14-33(15-13-32)48-43(62)10-5-11-44(48)63)71-57(81)46-24-38(79)29-77(46)58(82)54(60(2,3)4)78-36(18-21-47(78)80)8-6-22-75-23-7-9-37(75)30-83-59-73-52-40(56(74-59)76-27-34-16-17-35(28-76)72-34)25-42(61(66,67)68)50(51(52)65)39-19-20-45(64)53-49(39)41(26-69)55(70)84-53/h5,10-15,19-20,25,31,34-38,46,54,72,79H,6-9,16-18,21-24,27-30,70H2,1-4H3,(H,71,81)/t31-,34?,35?,36-,37-,38+,46-,54+/m0/s1. The number of amides is 3. The van der Waals surface area contributed by atoms with Crippen molar-refractivity contribution in [2.75, 3.05) is 50.0 Å². The number of piperazine rings is 1. The van der Waals surface area contributed by atoms with Crippen LogP contribution in [0.25, 0.3) is 43.2 Å². The van der Waals surface area contributed by atoms with Gasteiger partial charge in [-0.15, -0.1) is 11.3 Å². The Morgan fingerprint density at radius 2 is 1.65 bits per heavy atom. The Hall–Kier alpha value is -7.13. The number of aliphatic hydroxyl groups excluding tert-OH is 1. The average Bonchev–Trinajstić information content (AvgIpc) is 1.32. The lowest BCUT2D eigenvalue weighted by Crippen LogP contribution is -2.59. The SMILES string of the molecule is C[C@H](NC(=O)[C@@H]1C[C@@H](O)CN1C(=O)[C@@H](N1C(=O)CC[C@@H]1CCCN1CCC[C@H]1COc1nc(N2CC3CCC(C2)N3)c2cc(C(F)(F)F)c(-c3ccc(F)c4sc(N)c(C#N)c34)c(F)c2n1)C(C)(C)C)c1ccc(-c2c(F)cccc2F)cc1. The lowest BCUT2D eigenvalue weighted by atomic mass is 9.83. The predicted molar refractivity (Wildman–Crippen MR) is 303 cm³/mol. The molecule has 2 unspecified atom stereocenters. The van der Waals surface area contributed by atoms with E-state index in [4.69, 9.17) is 15.5 Å². The molecule has 6 aromatic rings. The number of benzene rings is 4. The van der Waals surface area contributed by atoms with Crippen LogP contribution in [-0.2, 0) is 20.6 Å². The van der Waals surface area contributed by atoms with Crippen LogP contribution in [0, 0.1) is 40.0 Å². The molecule has 5 N–H and O–H groups in total. The monoisotopic (exact) mass is 1180 g/mol. The number of carbonyl (C=O) groups is 3. The minimum atomic E-state index is -5.12. The minimum Gasteiger partial charge on any atom is -0.462 e. The lowest BCUT2D eigenvalue weighted by Gasteiger charge is -2.43. The summed E-state index contributed by atoms with van der Waals surface area (Å²) < 4.78 is 114. The van der Waals surface area contributed by atoms with Gasteiger partial charge in [0.15, 0.2) is 5.82 Å². The van der Waals surface area contributed by atoms with Gasteiger partial charge in [0, 0.05) is 73.0 Å². The lowest BCUT2D eigenvalue weighted by molar-refractivity contribution is -0.152. The van der Waals surface area contributed by atoms with E-state index in [0.29, 0.717) is 74.3 Å². The summed E-state index contributed by atoms with van der Waals surface area (Å²) in [5.74, 6) is -4.65. The molecule has 444 valence electrons. The number of nitriles is 1. The molecule has 3 amide bonds. The van der Waals surface area contributed by atoms with E-state index >= 15 is 22.0 Å². The molecule has 2 bridgehead atoms. The van der Waals surface area contributed by atoms with E-state index in [0.717, 1.165) is 37.5 Å². The molecule has 7 heterocycles. The zero-order valence-corrected chi connectivity index (χ0v) is 47.7. The van der Waals surface area contributed by atoms with Gasteiger partial charge in [0.05, 0.1) is 33.5 Å². The molecule has 0 spiro atoms. The number of ether oxygens (including phenoxy) is 1. The number of alkyl halides is 3. The quantitative estimate of drug-likeness (QED) is 0.0713. The second-order valence-electron chi connectivity index (χ2n) is 24.0. The maximum absolute atomic E-state index is 17.5. The molecule has 4 aromatic carbocycles. The van der Waals surface area contributed by atoms with Crippen LogP contribution in [0.4, 0.5) is 41.6 Å². The number of aliphatic hydroxyl groups is 1. The van der Waals surface area contributed by atoms with Crippen LogP contribution < -0.4 is 26.0 Å². The number of nitrogen functional groups attached to an aromatic ring is 1. The first kappa shape index (κ1) is 58.6. The highest BCUT2D eigenvalue weighted by Crippen LogP contribution is 2.49. The van der Waals surface area contributed by atoms with Gasteiger partial charge in [-0.1, -0.05) is 57.2 Å². The molecule has 11 rings (SSSR count). The van der Waals surface area contributed by atoms with E-state index in [9.17, 15) is 33.5 Å². The summed E-state index contributed by atoms with van der Waals surface area (Å²) in [5.41, 5.74) is 2.73. The number of β-amino-alcohol motifs (C(OH)–C–C–N with tert-alkyl or cyclic N) is 1. The number of aromatic nitrogens is 2. The van der Waals surface area contributed by atoms with Crippen molar-refractivity contribution < 1.29 is 55.0 Å². The maximum Gasteiger partial charge on any atom is 0.417 e. The average molecular weight is 1180 g/mol. The number of fused-ring (bicyclic) bond motifs is 4. The fourth-order valence-electron chi connectivity index (χ4n) is 13.4. The Labute approximate surface area is 484 Å². The Morgan fingerprint density at radius 1 is 0.940 bits per heavy atom. The maximum atomic E-state index is 17.5. The number of nitrogens with zero attached hydrogens (tertiary/aromatic N) is 7. The van der Waals surface area contributed by atoms with Crippen molar-refractivity contribution >= 4 is 60.9 Å². The van der Waals surface area contributed by atoms with Crippen LogP contribution in [0.3, 0.4) is 0 Å². The van der Waals surface area contributed by atoms with Crippen molar-refractivity contribution in [1.82, 2.24) is 35.3 Å². The van der Waals surface area contributed by atoms with Crippen molar-refractivity contribution in [3.63, 3.8) is 0 Å². The number of hydrogen-bond acceptors (Lipinski definition) is 13. The van der Waals surface area contributed by atoms with E-state index in [-0.39, 0.29) is 105 Å². The first-order valence-electron chi connectivity index (χ1n) is 28.5. The zero-order valence-electron chi connectivity index (χ0n) is 46.8. The molecular formula is C61H65F7N10O5S. The van der Waals surface area contributed by atoms with Gasteiger partial charge in [0.1, 0.15) is 58.5 Å². The van der Waals surface area contributed by atoms with Crippen LogP contribution in [0.2, 0.25) is 0 Å². The smallest absolute Gasteiger partial charge is 0.417 e. The van der Waals surface area contributed by atoms with Gasteiger partial charge in [0.25, 0.3) is 0 Å². The molecule has 84 heavy (non-hydrogen) atoms. The molecule has 0 saturated carbocycles. The topological polar surface area (TPSA) is 193 Å². The summed E-state index contributed by atoms with van der Waals surface area (Å²) in [6, 6.07) is 11.4. The number of halogens is 7. The summed E-state index contributed by atoms with van der Waals surface area (Å²) in [7, 11) is 0. The largest absolute Gasteiger partial charge is 0.462 e. The van der Waals surface area contributed by atoms with E-state index in [1.165, 1.54) is 23.1 Å². The highest BCUT2D eigenvalue weighted by molar-refractivity contribution is 7.23. The number of rotatable bonds is 15. The van der Waals surface area contributed by atoms with Gasteiger partial charge in [-0.3, -0.25) is 19.3 Å². The Balaban J connectivity index is 0.794. The van der Waals surface area contributed by atoms with Crippen LogP contribution in [-0.4, -0.2) is 129 Å². The van der Waals surface area contributed by atoms with Gasteiger partial charge < -0.3 is 40.9 Å². The third kappa shape index (κ3) is 11.2. The van der Waals surface area contributed by atoms with Gasteiger partial charge in [-0.25, -0.2) is 17.6 Å². The summed E-state index contributed by atoms with van der Waals surface area (Å²) in [6.07, 6.45) is -1.04. The molecular weight excluding hydrogens is 1120 g/mol. The molecule has 5 saturated heterocycles. The molecule has 5 fully saturated rings. The van der Waals surface area contributed by atoms with Gasteiger partial charge >= 0.3 is 12.2 Å². The van der Waals surface area contributed by atoms with Crippen LogP contribution in [0.15, 0.2) is 60.7 Å². The van der Waals surface area contributed by atoms with Crippen LogP contribution >= 0.6 is 11.3 Å². The third-order valence-electron chi connectivity index (χ3n) is 17.4. The molecule has 5 aliphatic rings. The van der Waals surface area contributed by atoms with Crippen LogP contribution in [0.5, 0.6) is 6.01 Å². The molecule has 15 nitrogen and oxygen atoms in total. The highest BCUT2D eigenvalue weighted by Gasteiger charge is 2.50. The second kappa shape index (κ2) is 23.0. The number of nitrogens with one attached hydrogen (secondary N) is 2. The van der Waals surface area contributed by atoms with E-state index in [2.05, 4.69) is 20.5 Å². The normalized spacial score (nSPS) is 22.8. The fourth-order valence-corrected chi connectivity index (χ4v) is 14.4. The summed E-state index contributed by atoms with van der Waals surface area (Å²) in [5, 5.41) is 26.9. The molecule has 0 radical (unpaired) electrons.